The third-order valence-electron chi connectivity index (χ3n) is 3.27. The Hall–Kier alpha value is -1.65. The predicted molar refractivity (Wildman–Crippen MR) is 77.9 cm³/mol. The summed E-state index contributed by atoms with van der Waals surface area (Å²) in [6.45, 7) is 0.189. The normalized spacial score (nSPS) is 19.6. The van der Waals surface area contributed by atoms with Gasteiger partial charge < -0.3 is 10.0 Å². The summed E-state index contributed by atoms with van der Waals surface area (Å²) in [5.74, 6) is 0.0266. The summed E-state index contributed by atoms with van der Waals surface area (Å²) in [7, 11) is -2.71. The van der Waals surface area contributed by atoms with E-state index >= 15 is 0 Å². The molecule has 1 amide bonds. The zero-order valence-electron chi connectivity index (χ0n) is 11.3. The summed E-state index contributed by atoms with van der Waals surface area (Å²) < 4.78 is 58.6. The molecule has 1 aromatic carbocycles. The molecule has 1 aliphatic heterocycles. The molecule has 1 heterocycles. The van der Waals surface area contributed by atoms with Crippen molar-refractivity contribution >= 4 is 28.1 Å². The van der Waals surface area contributed by atoms with Crippen LogP contribution in [-0.2, 0) is 6.18 Å². The van der Waals surface area contributed by atoms with Crippen molar-refractivity contribution in [2.24, 2.45) is 0 Å². The molecule has 124 valence electrons. The largest absolute Gasteiger partial charge is 0.465 e. The van der Waals surface area contributed by atoms with Crippen LogP contribution in [0.1, 0.15) is 5.56 Å². The Morgan fingerprint density at radius 1 is 1.23 bits per heavy atom. The number of carboxylic acid groups (broad SMARTS) is 1. The molecule has 0 spiro atoms. The molecule has 1 aromatic rings. The van der Waals surface area contributed by atoms with Gasteiger partial charge in [0.2, 0.25) is 0 Å². The number of hydrogen-bond donors (Lipinski definition) is 4. The highest BCUT2D eigenvalue weighted by Crippen LogP contribution is 2.44. The number of alkyl halides is 3. The SMILES string of the molecule is O=C(O)Nc1ccc(N2CCS(O)(O)CC2)c(C(F)(F)F)c1. The Kier molecular flexibility index (Phi) is 4.45. The minimum atomic E-state index is -4.65. The summed E-state index contributed by atoms with van der Waals surface area (Å²) in [5.41, 5.74) is -1.24. The highest BCUT2D eigenvalue weighted by atomic mass is 32.3. The molecule has 0 saturated carbocycles. The van der Waals surface area contributed by atoms with Crippen LogP contribution < -0.4 is 10.2 Å². The molecule has 1 saturated heterocycles. The van der Waals surface area contributed by atoms with Gasteiger partial charge in [-0.2, -0.15) is 23.8 Å². The minimum Gasteiger partial charge on any atom is -0.465 e. The molecule has 2 rings (SSSR count). The van der Waals surface area contributed by atoms with E-state index in [1.54, 1.807) is 0 Å². The lowest BCUT2D eigenvalue weighted by atomic mass is 10.1. The van der Waals surface area contributed by atoms with Crippen molar-refractivity contribution < 1.29 is 32.2 Å². The summed E-state index contributed by atoms with van der Waals surface area (Å²) in [4.78, 5) is 12.0. The number of anilines is 2. The average molecular weight is 340 g/mol. The van der Waals surface area contributed by atoms with Crippen molar-refractivity contribution in [3.05, 3.63) is 23.8 Å². The molecule has 1 fully saturated rings. The van der Waals surface area contributed by atoms with Crippen LogP contribution >= 0.6 is 10.6 Å². The van der Waals surface area contributed by atoms with Gasteiger partial charge in [-0.25, -0.2) is 4.79 Å². The van der Waals surface area contributed by atoms with Gasteiger partial charge in [-0.1, -0.05) is 0 Å². The molecule has 0 unspecified atom stereocenters. The van der Waals surface area contributed by atoms with E-state index < -0.39 is 28.4 Å². The van der Waals surface area contributed by atoms with Gasteiger partial charge in [0.1, 0.15) is 0 Å². The van der Waals surface area contributed by atoms with Crippen LogP contribution in [0.15, 0.2) is 18.2 Å². The van der Waals surface area contributed by atoms with Gasteiger partial charge in [-0.15, -0.1) is 0 Å². The molecule has 22 heavy (non-hydrogen) atoms. The number of benzene rings is 1. The second kappa shape index (κ2) is 5.86. The van der Waals surface area contributed by atoms with Gasteiger partial charge in [0.25, 0.3) is 0 Å². The topological polar surface area (TPSA) is 93.0 Å². The van der Waals surface area contributed by atoms with Crippen molar-refractivity contribution in [3.63, 3.8) is 0 Å². The zero-order chi connectivity index (χ0) is 16.5. The van der Waals surface area contributed by atoms with Crippen LogP contribution in [0.2, 0.25) is 0 Å². The fourth-order valence-electron chi connectivity index (χ4n) is 2.21. The summed E-state index contributed by atoms with van der Waals surface area (Å²) in [5, 5.41) is 10.5. The quantitative estimate of drug-likeness (QED) is 0.662. The first kappa shape index (κ1) is 16.7. The van der Waals surface area contributed by atoms with Crippen molar-refractivity contribution in [3.8, 4) is 0 Å². The molecule has 4 N–H and O–H groups in total. The Morgan fingerprint density at radius 2 is 1.82 bits per heavy atom. The lowest BCUT2D eigenvalue weighted by molar-refractivity contribution is -0.137. The van der Waals surface area contributed by atoms with Crippen LogP contribution in [0.3, 0.4) is 0 Å². The monoisotopic (exact) mass is 340 g/mol. The lowest BCUT2D eigenvalue weighted by Gasteiger charge is -2.42. The Labute approximate surface area is 125 Å². The van der Waals surface area contributed by atoms with E-state index in [4.69, 9.17) is 5.11 Å². The van der Waals surface area contributed by atoms with E-state index in [1.165, 1.54) is 17.0 Å². The van der Waals surface area contributed by atoms with E-state index in [1.807, 2.05) is 5.32 Å². The molecule has 0 aliphatic carbocycles. The van der Waals surface area contributed by atoms with Crippen LogP contribution in [-0.4, -0.2) is 44.9 Å². The molecule has 0 atom stereocenters. The average Bonchev–Trinajstić information content (AvgIpc) is 2.37. The van der Waals surface area contributed by atoms with Gasteiger partial charge in [-0.05, 0) is 18.2 Å². The zero-order valence-corrected chi connectivity index (χ0v) is 12.1. The van der Waals surface area contributed by atoms with E-state index in [0.29, 0.717) is 0 Å². The van der Waals surface area contributed by atoms with Gasteiger partial charge >= 0.3 is 12.3 Å². The number of nitrogens with one attached hydrogen (secondary N) is 1. The Balaban J connectivity index is 2.33. The van der Waals surface area contributed by atoms with E-state index in [0.717, 1.165) is 6.07 Å². The first-order valence-electron chi connectivity index (χ1n) is 6.28. The van der Waals surface area contributed by atoms with Crippen LogP contribution in [0.5, 0.6) is 0 Å². The highest BCUT2D eigenvalue weighted by Gasteiger charge is 2.36. The van der Waals surface area contributed by atoms with Crippen LogP contribution in [0.4, 0.5) is 29.3 Å². The van der Waals surface area contributed by atoms with Gasteiger partial charge in [0, 0.05) is 24.5 Å². The van der Waals surface area contributed by atoms with E-state index in [9.17, 15) is 27.1 Å². The number of rotatable bonds is 2. The predicted octanol–water partition coefficient (Wildman–Crippen LogP) is 3.37. The fourth-order valence-corrected chi connectivity index (χ4v) is 3.44. The third kappa shape index (κ3) is 3.96. The maximum atomic E-state index is 13.2. The molecule has 0 bridgehead atoms. The lowest BCUT2D eigenvalue weighted by Crippen LogP contribution is -2.39. The first-order valence-corrected chi connectivity index (χ1v) is 8.17. The Morgan fingerprint density at radius 3 is 2.32 bits per heavy atom. The molecule has 6 nitrogen and oxygen atoms in total. The number of amides is 1. The smallest absolute Gasteiger partial charge is 0.418 e. The van der Waals surface area contributed by atoms with E-state index in [2.05, 4.69) is 0 Å². The fraction of sp³-hybridized carbons (Fsp3) is 0.417. The van der Waals surface area contributed by atoms with Gasteiger partial charge in [-0.3, -0.25) is 14.4 Å². The van der Waals surface area contributed by atoms with Crippen LogP contribution in [0, 0.1) is 0 Å². The van der Waals surface area contributed by atoms with Crippen molar-refractivity contribution in [1.29, 1.82) is 0 Å². The Bertz CT molecular complexity index is 570. The number of nitrogens with zero attached hydrogens (tertiary/aromatic N) is 1. The summed E-state index contributed by atoms with van der Waals surface area (Å²) >= 11 is 0. The van der Waals surface area contributed by atoms with Gasteiger partial charge in [0.15, 0.2) is 0 Å². The number of carbonyl (C=O) groups is 1. The van der Waals surface area contributed by atoms with Crippen molar-refractivity contribution in [1.82, 2.24) is 0 Å². The molecule has 10 heteroatoms. The molecular weight excluding hydrogens is 325 g/mol. The van der Waals surface area contributed by atoms with Crippen molar-refractivity contribution in [2.75, 3.05) is 34.8 Å². The third-order valence-corrected chi connectivity index (χ3v) is 4.94. The summed E-state index contributed by atoms with van der Waals surface area (Å²) in [6, 6.07) is 3.16. The van der Waals surface area contributed by atoms with Crippen molar-refractivity contribution in [2.45, 2.75) is 6.18 Å². The maximum absolute atomic E-state index is 13.2. The number of halogens is 3. The standard InChI is InChI=1S/C12H15F3N2O4S/c13-12(14,15)9-7-8(16-11(18)19)1-2-10(9)17-3-5-22(20,21)6-4-17/h1-2,7,16,20-21H,3-6H2,(H,18,19). The summed E-state index contributed by atoms with van der Waals surface area (Å²) in [6.07, 6.45) is -6.10. The highest BCUT2D eigenvalue weighted by molar-refractivity contribution is 8.24. The maximum Gasteiger partial charge on any atom is 0.418 e. The molecular formula is C12H15F3N2O4S. The number of hydrogen-bond acceptors (Lipinski definition) is 4. The second-order valence-electron chi connectivity index (χ2n) is 4.86. The molecule has 1 aliphatic rings. The van der Waals surface area contributed by atoms with Crippen LogP contribution in [0.25, 0.3) is 0 Å². The van der Waals surface area contributed by atoms with Gasteiger partial charge in [0.05, 0.1) is 17.1 Å². The second-order valence-corrected chi connectivity index (χ2v) is 7.28. The molecule has 0 aromatic heterocycles. The first-order chi connectivity index (χ1) is 10.1. The molecule has 0 radical (unpaired) electrons. The van der Waals surface area contributed by atoms with E-state index in [-0.39, 0.29) is 36.0 Å². The minimum absolute atomic E-state index is 0.0133.